The highest BCUT2D eigenvalue weighted by atomic mass is 16.5. The van der Waals surface area contributed by atoms with Crippen molar-refractivity contribution in [3.63, 3.8) is 0 Å². The zero-order chi connectivity index (χ0) is 9.97. The van der Waals surface area contributed by atoms with Crippen molar-refractivity contribution in [3.8, 4) is 0 Å². The molecule has 0 aliphatic carbocycles. The molecule has 0 saturated heterocycles. The topological polar surface area (TPSA) is 45.1 Å². The molecule has 0 amide bonds. The quantitative estimate of drug-likeness (QED) is 0.709. The van der Waals surface area contributed by atoms with Gasteiger partial charge in [0.2, 0.25) is 0 Å². The summed E-state index contributed by atoms with van der Waals surface area (Å²) in [6, 6.07) is 8.10. The number of hydrogen-bond donors (Lipinski definition) is 2. The van der Waals surface area contributed by atoms with E-state index in [1.165, 1.54) is 5.39 Å². The first kappa shape index (κ1) is 9.12. The van der Waals surface area contributed by atoms with E-state index in [-0.39, 0.29) is 0 Å². The van der Waals surface area contributed by atoms with Gasteiger partial charge in [0.1, 0.15) is 0 Å². The molecule has 14 heavy (non-hydrogen) atoms. The average Bonchev–Trinajstić information content (AvgIpc) is 2.19. The zero-order valence-corrected chi connectivity index (χ0v) is 7.99. The van der Waals surface area contributed by atoms with Gasteiger partial charge >= 0.3 is 0 Å². The van der Waals surface area contributed by atoms with Crippen molar-refractivity contribution in [1.82, 2.24) is 10.5 Å². The molecule has 0 aliphatic rings. The van der Waals surface area contributed by atoms with E-state index in [0.717, 1.165) is 16.6 Å². The van der Waals surface area contributed by atoms with Crippen LogP contribution in [0.4, 0.5) is 0 Å². The summed E-state index contributed by atoms with van der Waals surface area (Å²) in [6.45, 7) is 2.44. The van der Waals surface area contributed by atoms with E-state index in [9.17, 15) is 0 Å². The van der Waals surface area contributed by atoms with Gasteiger partial charge in [0.05, 0.1) is 0 Å². The Morgan fingerprint density at radius 1 is 1.29 bits per heavy atom. The van der Waals surface area contributed by atoms with Gasteiger partial charge in [-0.2, -0.15) is 0 Å². The molecule has 72 valence electrons. The highest BCUT2D eigenvalue weighted by Crippen LogP contribution is 2.15. The first-order chi connectivity index (χ1) is 6.79. The summed E-state index contributed by atoms with van der Waals surface area (Å²) >= 11 is 0. The number of pyridine rings is 1. The van der Waals surface area contributed by atoms with Crippen LogP contribution in [0.1, 0.15) is 11.3 Å². The summed E-state index contributed by atoms with van der Waals surface area (Å²) in [6.07, 6.45) is 1.85. The van der Waals surface area contributed by atoms with E-state index in [0.29, 0.717) is 6.54 Å². The lowest BCUT2D eigenvalue weighted by Gasteiger charge is -2.02. The fraction of sp³-hybridized carbons (Fsp3) is 0.182. The zero-order valence-electron chi connectivity index (χ0n) is 7.99. The van der Waals surface area contributed by atoms with Crippen LogP contribution in [0.5, 0.6) is 0 Å². The molecular formula is C11H12N2O. The maximum absolute atomic E-state index is 8.57. The maximum atomic E-state index is 8.57. The molecule has 3 nitrogen and oxygen atoms in total. The summed E-state index contributed by atoms with van der Waals surface area (Å²) in [5.41, 5.74) is 4.21. The monoisotopic (exact) mass is 188 g/mol. The fourth-order valence-electron chi connectivity index (χ4n) is 1.50. The lowest BCUT2D eigenvalue weighted by Crippen LogP contribution is -2.05. The third-order valence-electron chi connectivity index (χ3n) is 2.21. The molecule has 1 heterocycles. The standard InChI is InChI=1S/C11H12N2O/c1-8-4-10-3-2-9(6-13-14)5-11(10)7-12-8/h2-5,7,13-14H,6H2,1H3. The summed E-state index contributed by atoms with van der Waals surface area (Å²) in [4.78, 5) is 4.23. The number of hydrogen-bond acceptors (Lipinski definition) is 3. The van der Waals surface area contributed by atoms with Crippen LogP contribution in [0.3, 0.4) is 0 Å². The predicted octanol–water partition coefficient (Wildman–Crippen LogP) is 2.02. The van der Waals surface area contributed by atoms with Crippen LogP contribution in [-0.2, 0) is 6.54 Å². The highest BCUT2D eigenvalue weighted by molar-refractivity contribution is 5.82. The molecule has 2 N–H and O–H groups in total. The van der Waals surface area contributed by atoms with E-state index in [1.807, 2.05) is 37.4 Å². The lowest BCUT2D eigenvalue weighted by molar-refractivity contribution is 0.161. The van der Waals surface area contributed by atoms with Crippen LogP contribution >= 0.6 is 0 Å². The van der Waals surface area contributed by atoms with Gasteiger partial charge in [0, 0.05) is 23.8 Å². The van der Waals surface area contributed by atoms with E-state index in [4.69, 9.17) is 5.21 Å². The number of benzene rings is 1. The van der Waals surface area contributed by atoms with Crippen LogP contribution in [0.2, 0.25) is 0 Å². The number of aromatic nitrogens is 1. The molecule has 2 rings (SSSR count). The second-order valence-electron chi connectivity index (χ2n) is 3.34. The summed E-state index contributed by atoms with van der Waals surface area (Å²) < 4.78 is 0. The number of aryl methyl sites for hydroxylation is 1. The Labute approximate surface area is 82.4 Å². The third kappa shape index (κ3) is 1.73. The Morgan fingerprint density at radius 2 is 2.14 bits per heavy atom. The van der Waals surface area contributed by atoms with Crippen molar-refractivity contribution < 1.29 is 5.21 Å². The summed E-state index contributed by atoms with van der Waals surface area (Å²) in [5, 5.41) is 10.9. The van der Waals surface area contributed by atoms with Crippen molar-refractivity contribution in [3.05, 3.63) is 41.7 Å². The number of nitrogens with zero attached hydrogens (tertiary/aromatic N) is 1. The second-order valence-corrected chi connectivity index (χ2v) is 3.34. The molecule has 0 unspecified atom stereocenters. The Balaban J connectivity index is 2.50. The number of rotatable bonds is 2. The lowest BCUT2D eigenvalue weighted by atomic mass is 10.1. The maximum Gasteiger partial charge on any atom is 0.0458 e. The fourth-order valence-corrected chi connectivity index (χ4v) is 1.50. The van der Waals surface area contributed by atoms with Crippen molar-refractivity contribution in [2.24, 2.45) is 0 Å². The molecule has 0 saturated carbocycles. The van der Waals surface area contributed by atoms with Gasteiger partial charge in [-0.25, -0.2) is 5.48 Å². The minimum atomic E-state index is 0.462. The van der Waals surface area contributed by atoms with Gasteiger partial charge in [0.15, 0.2) is 0 Å². The molecule has 0 fully saturated rings. The Bertz CT molecular complexity index is 454. The highest BCUT2D eigenvalue weighted by Gasteiger charge is 1.96. The molecule has 1 aromatic carbocycles. The van der Waals surface area contributed by atoms with Crippen LogP contribution in [0.15, 0.2) is 30.5 Å². The van der Waals surface area contributed by atoms with Crippen LogP contribution in [-0.4, -0.2) is 10.2 Å². The van der Waals surface area contributed by atoms with Gasteiger partial charge in [-0.1, -0.05) is 12.1 Å². The number of nitrogens with one attached hydrogen (secondary N) is 1. The molecule has 0 bridgehead atoms. The van der Waals surface area contributed by atoms with E-state index < -0.39 is 0 Å². The van der Waals surface area contributed by atoms with E-state index in [2.05, 4.69) is 10.5 Å². The molecular weight excluding hydrogens is 176 g/mol. The second kappa shape index (κ2) is 3.74. The Morgan fingerprint density at radius 3 is 2.93 bits per heavy atom. The van der Waals surface area contributed by atoms with Crippen molar-refractivity contribution >= 4 is 10.8 Å². The smallest absolute Gasteiger partial charge is 0.0458 e. The third-order valence-corrected chi connectivity index (χ3v) is 2.21. The van der Waals surface area contributed by atoms with Gasteiger partial charge in [-0.15, -0.1) is 0 Å². The summed E-state index contributed by atoms with van der Waals surface area (Å²) in [7, 11) is 0. The van der Waals surface area contributed by atoms with Gasteiger partial charge in [0.25, 0.3) is 0 Å². The van der Waals surface area contributed by atoms with Gasteiger partial charge in [-0.3, -0.25) is 4.98 Å². The molecule has 0 atom stereocenters. The minimum absolute atomic E-state index is 0.462. The predicted molar refractivity (Wildman–Crippen MR) is 55.1 cm³/mol. The summed E-state index contributed by atoms with van der Waals surface area (Å²) in [5.74, 6) is 0. The van der Waals surface area contributed by atoms with Crippen molar-refractivity contribution in [2.75, 3.05) is 0 Å². The molecule has 0 radical (unpaired) electrons. The first-order valence-corrected chi connectivity index (χ1v) is 4.52. The van der Waals surface area contributed by atoms with Crippen molar-refractivity contribution in [2.45, 2.75) is 13.5 Å². The molecule has 0 spiro atoms. The number of hydroxylamine groups is 1. The van der Waals surface area contributed by atoms with Crippen LogP contribution in [0, 0.1) is 6.92 Å². The Kier molecular flexibility index (Phi) is 2.43. The van der Waals surface area contributed by atoms with E-state index in [1.54, 1.807) is 0 Å². The van der Waals surface area contributed by atoms with Crippen LogP contribution in [0.25, 0.3) is 10.8 Å². The Hall–Kier alpha value is -1.45. The van der Waals surface area contributed by atoms with E-state index >= 15 is 0 Å². The molecule has 3 heteroatoms. The minimum Gasteiger partial charge on any atom is -0.316 e. The number of fused-ring (bicyclic) bond motifs is 1. The molecule has 1 aromatic heterocycles. The molecule has 2 aromatic rings. The largest absolute Gasteiger partial charge is 0.316 e. The normalized spacial score (nSPS) is 10.7. The van der Waals surface area contributed by atoms with Gasteiger partial charge in [-0.05, 0) is 30.0 Å². The SMILES string of the molecule is Cc1cc2ccc(CNO)cc2cn1. The molecule has 0 aliphatic heterocycles. The van der Waals surface area contributed by atoms with Crippen molar-refractivity contribution in [1.29, 1.82) is 0 Å². The van der Waals surface area contributed by atoms with Gasteiger partial charge < -0.3 is 5.21 Å². The first-order valence-electron chi connectivity index (χ1n) is 4.52. The average molecular weight is 188 g/mol. The van der Waals surface area contributed by atoms with Crippen LogP contribution < -0.4 is 5.48 Å².